The van der Waals surface area contributed by atoms with Crippen molar-refractivity contribution in [2.45, 2.75) is 63.1 Å². The van der Waals surface area contributed by atoms with Crippen LogP contribution in [0.5, 0.6) is 0 Å². The second-order valence-corrected chi connectivity index (χ2v) is 8.79. The topological polar surface area (TPSA) is 81.5 Å². The van der Waals surface area contributed by atoms with E-state index in [1.165, 1.54) is 0 Å². The zero-order valence-electron chi connectivity index (χ0n) is 16.3. The molecule has 1 fully saturated rings. The molecule has 0 radical (unpaired) electrons. The number of carbonyl (C=O) groups is 2. The van der Waals surface area contributed by atoms with Crippen molar-refractivity contribution >= 4 is 23.6 Å². The minimum Gasteiger partial charge on any atom is -0.466 e. The number of hydrogen-bond donors (Lipinski definition) is 0. The third kappa shape index (κ3) is 3.71. The summed E-state index contributed by atoms with van der Waals surface area (Å²) in [5, 5.41) is 0.756. The second-order valence-electron chi connectivity index (χ2n) is 7.80. The molecule has 0 N–H and O–H groups in total. The first-order valence-corrected chi connectivity index (χ1v) is 11.3. The molecule has 1 aromatic heterocycles. The zero-order chi connectivity index (χ0) is 19.7. The van der Waals surface area contributed by atoms with Gasteiger partial charge in [-0.25, -0.2) is 4.98 Å². The number of hydrogen-bond acceptors (Lipinski definition) is 6. The fourth-order valence-corrected chi connectivity index (χ4v) is 5.61. The predicted octanol–water partition coefficient (Wildman–Crippen LogP) is 1.96. The number of aryl methyl sites for hydroxylation is 1. The molecule has 8 heteroatoms. The van der Waals surface area contributed by atoms with E-state index in [0.717, 1.165) is 54.9 Å². The van der Waals surface area contributed by atoms with E-state index < -0.39 is 0 Å². The Morgan fingerprint density at radius 3 is 2.89 bits per heavy atom. The quantitative estimate of drug-likeness (QED) is 0.563. The van der Waals surface area contributed by atoms with E-state index >= 15 is 0 Å². The van der Waals surface area contributed by atoms with Gasteiger partial charge < -0.3 is 9.64 Å². The van der Waals surface area contributed by atoms with Crippen molar-refractivity contribution in [3.63, 3.8) is 0 Å². The van der Waals surface area contributed by atoms with Gasteiger partial charge in [0.15, 0.2) is 5.16 Å². The minimum absolute atomic E-state index is 0.0112. The van der Waals surface area contributed by atoms with Crippen molar-refractivity contribution in [1.82, 2.24) is 14.5 Å². The number of esters is 1. The molecule has 0 unspecified atom stereocenters. The normalized spacial score (nSPS) is 23.8. The van der Waals surface area contributed by atoms with E-state index in [2.05, 4.69) is 0 Å². The van der Waals surface area contributed by atoms with Gasteiger partial charge in [0.25, 0.3) is 5.56 Å². The van der Waals surface area contributed by atoms with Crippen LogP contribution in [0.4, 0.5) is 0 Å². The van der Waals surface area contributed by atoms with Gasteiger partial charge in [0.05, 0.1) is 24.3 Å². The highest BCUT2D eigenvalue weighted by atomic mass is 32.2. The summed E-state index contributed by atoms with van der Waals surface area (Å²) in [7, 11) is 0. The molecule has 152 valence electrons. The number of piperidine rings is 1. The Morgan fingerprint density at radius 2 is 2.07 bits per heavy atom. The Labute approximate surface area is 168 Å². The largest absolute Gasteiger partial charge is 0.466 e. The van der Waals surface area contributed by atoms with Gasteiger partial charge in [0, 0.05) is 30.8 Å². The highest BCUT2D eigenvalue weighted by Crippen LogP contribution is 2.34. The van der Waals surface area contributed by atoms with Crippen molar-refractivity contribution in [2.75, 3.05) is 25.4 Å². The van der Waals surface area contributed by atoms with Crippen molar-refractivity contribution in [3.8, 4) is 0 Å². The van der Waals surface area contributed by atoms with Gasteiger partial charge in [0.1, 0.15) is 0 Å². The summed E-state index contributed by atoms with van der Waals surface area (Å²) in [5.41, 5.74) is 1.84. The Balaban J connectivity index is 1.47. The Morgan fingerprint density at radius 1 is 1.25 bits per heavy atom. The molecule has 1 aliphatic carbocycles. The smallest absolute Gasteiger partial charge is 0.310 e. The van der Waals surface area contributed by atoms with E-state index in [4.69, 9.17) is 9.72 Å². The number of aromatic nitrogens is 2. The number of amides is 1. The molecule has 2 aliphatic heterocycles. The SMILES string of the molecule is CCOC(=O)[C@@H]1CCCN(C(=O)C[C@H]2CSc3nc4c(c(=O)n32)CCCC4)C1. The number of likely N-dealkylation sites (tertiary alicyclic amines) is 1. The highest BCUT2D eigenvalue weighted by molar-refractivity contribution is 7.99. The van der Waals surface area contributed by atoms with Crippen molar-refractivity contribution < 1.29 is 14.3 Å². The summed E-state index contributed by atoms with van der Waals surface area (Å²) in [5.74, 6) is 0.261. The molecule has 0 spiro atoms. The number of ether oxygens (including phenoxy) is 1. The molecule has 3 heterocycles. The molecule has 1 amide bonds. The number of rotatable bonds is 4. The van der Waals surface area contributed by atoms with Gasteiger partial charge in [-0.2, -0.15) is 0 Å². The van der Waals surface area contributed by atoms with Crippen LogP contribution < -0.4 is 5.56 Å². The van der Waals surface area contributed by atoms with Crippen LogP contribution in [-0.4, -0.2) is 51.8 Å². The lowest BCUT2D eigenvalue weighted by molar-refractivity contribution is -0.151. The van der Waals surface area contributed by atoms with Gasteiger partial charge in [-0.1, -0.05) is 11.8 Å². The van der Waals surface area contributed by atoms with Crippen LogP contribution in [0.15, 0.2) is 9.95 Å². The van der Waals surface area contributed by atoms with E-state index in [1.807, 2.05) is 0 Å². The predicted molar refractivity (Wildman–Crippen MR) is 105 cm³/mol. The van der Waals surface area contributed by atoms with Gasteiger partial charge in [-0.3, -0.25) is 19.0 Å². The maximum atomic E-state index is 13.0. The molecular weight excluding hydrogens is 378 g/mol. The van der Waals surface area contributed by atoms with Crippen LogP contribution in [0.3, 0.4) is 0 Å². The first-order valence-electron chi connectivity index (χ1n) is 10.3. The molecule has 1 saturated heterocycles. The van der Waals surface area contributed by atoms with Crippen LogP contribution >= 0.6 is 11.8 Å². The maximum Gasteiger partial charge on any atom is 0.310 e. The van der Waals surface area contributed by atoms with Crippen molar-refractivity contribution in [1.29, 1.82) is 0 Å². The Kier molecular flexibility index (Phi) is 5.75. The maximum absolute atomic E-state index is 13.0. The first kappa shape index (κ1) is 19.5. The third-order valence-electron chi connectivity index (χ3n) is 5.93. The highest BCUT2D eigenvalue weighted by Gasteiger charge is 2.34. The summed E-state index contributed by atoms with van der Waals surface area (Å²) >= 11 is 1.57. The minimum atomic E-state index is -0.237. The number of fused-ring (bicyclic) bond motifs is 2. The molecule has 0 aromatic carbocycles. The Hall–Kier alpha value is -1.83. The van der Waals surface area contributed by atoms with E-state index in [1.54, 1.807) is 28.2 Å². The van der Waals surface area contributed by atoms with Crippen LogP contribution in [-0.2, 0) is 27.2 Å². The summed E-state index contributed by atoms with van der Waals surface area (Å²) in [6.07, 6.45) is 5.65. The fraction of sp³-hybridized carbons (Fsp3) is 0.700. The summed E-state index contributed by atoms with van der Waals surface area (Å²) in [4.78, 5) is 44.5. The molecule has 0 bridgehead atoms. The second kappa shape index (κ2) is 8.27. The molecule has 1 aromatic rings. The lowest BCUT2D eigenvalue weighted by atomic mass is 9.97. The van der Waals surface area contributed by atoms with E-state index in [9.17, 15) is 14.4 Å². The summed E-state index contributed by atoms with van der Waals surface area (Å²) < 4.78 is 6.87. The third-order valence-corrected chi connectivity index (χ3v) is 7.02. The van der Waals surface area contributed by atoms with Gasteiger partial charge in [0.2, 0.25) is 5.91 Å². The fourth-order valence-electron chi connectivity index (χ4n) is 4.45. The molecular formula is C20H27N3O4S. The van der Waals surface area contributed by atoms with Crippen LogP contribution in [0.25, 0.3) is 0 Å². The van der Waals surface area contributed by atoms with Gasteiger partial charge in [-0.15, -0.1) is 0 Å². The summed E-state index contributed by atoms with van der Waals surface area (Å²) in [6, 6.07) is -0.150. The van der Waals surface area contributed by atoms with E-state index in [-0.39, 0.29) is 35.8 Å². The molecule has 28 heavy (non-hydrogen) atoms. The standard InChI is InChI=1S/C20H27N3O4S/c1-2-27-19(26)13-6-5-9-22(11-13)17(24)10-14-12-28-20-21-16-8-4-3-7-15(16)18(25)23(14)20/h13-14H,2-12H2,1H3/t13-,14+/m1/s1. The monoisotopic (exact) mass is 405 g/mol. The first-order chi connectivity index (χ1) is 13.6. The lowest BCUT2D eigenvalue weighted by Gasteiger charge is -2.32. The zero-order valence-corrected chi connectivity index (χ0v) is 17.1. The molecule has 4 rings (SSSR count). The van der Waals surface area contributed by atoms with Crippen LogP contribution in [0.1, 0.15) is 56.3 Å². The van der Waals surface area contributed by atoms with Crippen LogP contribution in [0.2, 0.25) is 0 Å². The van der Waals surface area contributed by atoms with Crippen molar-refractivity contribution in [3.05, 3.63) is 21.6 Å². The number of carbonyl (C=O) groups excluding carboxylic acids is 2. The number of thioether (sulfide) groups is 1. The molecule has 7 nitrogen and oxygen atoms in total. The van der Waals surface area contributed by atoms with E-state index in [0.29, 0.717) is 25.4 Å². The average Bonchev–Trinajstić information content (AvgIpc) is 3.11. The molecule has 2 atom stereocenters. The van der Waals surface area contributed by atoms with Crippen LogP contribution in [0, 0.1) is 5.92 Å². The lowest BCUT2D eigenvalue weighted by Crippen LogP contribution is -2.44. The molecule has 0 saturated carbocycles. The van der Waals surface area contributed by atoms with Gasteiger partial charge >= 0.3 is 5.97 Å². The number of nitrogens with zero attached hydrogens (tertiary/aromatic N) is 3. The Bertz CT molecular complexity index is 837. The average molecular weight is 406 g/mol. The van der Waals surface area contributed by atoms with Gasteiger partial charge in [-0.05, 0) is 45.4 Å². The molecule has 3 aliphatic rings. The summed E-state index contributed by atoms with van der Waals surface area (Å²) in [6.45, 7) is 3.24. The van der Waals surface area contributed by atoms with Crippen molar-refractivity contribution in [2.24, 2.45) is 5.92 Å².